The second-order valence-electron chi connectivity index (χ2n) is 9.81. The van der Waals surface area contributed by atoms with Crippen LogP contribution in [0.2, 0.25) is 0 Å². The smallest absolute Gasteiger partial charge is 0.271 e. The van der Waals surface area contributed by atoms with Gasteiger partial charge in [0.15, 0.2) is 5.58 Å². The quantitative estimate of drug-likeness (QED) is 0.640. The fourth-order valence-electron chi connectivity index (χ4n) is 5.11. The minimum absolute atomic E-state index is 0.0582. The van der Waals surface area contributed by atoms with Crippen molar-refractivity contribution in [2.24, 2.45) is 0 Å². The molecule has 3 heterocycles. The number of hydrogen-bond donors (Lipinski definition) is 1. The van der Waals surface area contributed by atoms with E-state index in [1.807, 2.05) is 31.4 Å². The number of carbonyl (C=O) groups is 2. The molecular weight excluding hydrogens is 406 g/mol. The van der Waals surface area contributed by atoms with Crippen molar-refractivity contribution in [2.45, 2.75) is 96.4 Å². The SMILES string of the molecule is CC(C)OCCCN1C(=O)c2cc3occc3n2CC1(C)C(=O)NC1CCCCCCC1. The molecule has 2 aliphatic rings. The molecule has 1 saturated carbocycles. The van der Waals surface area contributed by atoms with Crippen molar-refractivity contribution >= 4 is 22.9 Å². The predicted octanol–water partition coefficient (Wildman–Crippen LogP) is 4.49. The van der Waals surface area contributed by atoms with Crippen LogP contribution in [-0.2, 0) is 16.1 Å². The maximum atomic E-state index is 13.7. The molecule has 1 atom stereocenters. The topological polar surface area (TPSA) is 76.7 Å². The number of hydrogen-bond acceptors (Lipinski definition) is 4. The Bertz CT molecular complexity index is 938. The number of nitrogens with zero attached hydrogens (tertiary/aromatic N) is 2. The van der Waals surface area contributed by atoms with Crippen molar-refractivity contribution < 1.29 is 18.7 Å². The van der Waals surface area contributed by atoms with Crippen molar-refractivity contribution in [3.8, 4) is 0 Å². The number of fused-ring (bicyclic) bond motifs is 3. The van der Waals surface area contributed by atoms with E-state index in [0.717, 1.165) is 31.2 Å². The third kappa shape index (κ3) is 4.58. The van der Waals surface area contributed by atoms with E-state index in [4.69, 9.17) is 9.15 Å². The van der Waals surface area contributed by atoms with Crippen LogP contribution in [0.5, 0.6) is 0 Å². The van der Waals surface area contributed by atoms with Gasteiger partial charge in [-0.2, -0.15) is 0 Å². The van der Waals surface area contributed by atoms with Crippen molar-refractivity contribution in [3.63, 3.8) is 0 Å². The highest BCUT2D eigenvalue weighted by molar-refractivity contribution is 6.02. The Morgan fingerprint density at radius 2 is 1.97 bits per heavy atom. The molecule has 1 fully saturated rings. The summed E-state index contributed by atoms with van der Waals surface area (Å²) in [4.78, 5) is 29.0. The minimum atomic E-state index is -0.965. The molecule has 7 heteroatoms. The van der Waals surface area contributed by atoms with Gasteiger partial charge in [0.25, 0.3) is 5.91 Å². The van der Waals surface area contributed by atoms with Gasteiger partial charge in [0.2, 0.25) is 5.91 Å². The molecule has 1 unspecified atom stereocenters. The van der Waals surface area contributed by atoms with Gasteiger partial charge in [-0.05, 0) is 40.0 Å². The number of rotatable bonds is 7. The number of aromatic nitrogens is 1. The molecule has 0 saturated heterocycles. The fourth-order valence-corrected chi connectivity index (χ4v) is 5.11. The van der Waals surface area contributed by atoms with Gasteiger partial charge in [-0.1, -0.05) is 32.1 Å². The predicted molar refractivity (Wildman–Crippen MR) is 124 cm³/mol. The van der Waals surface area contributed by atoms with Gasteiger partial charge in [0.1, 0.15) is 11.2 Å². The molecule has 0 radical (unpaired) electrons. The number of carbonyl (C=O) groups excluding carboxylic acids is 2. The van der Waals surface area contributed by atoms with E-state index in [0.29, 0.717) is 37.4 Å². The highest BCUT2D eigenvalue weighted by atomic mass is 16.5. The summed E-state index contributed by atoms with van der Waals surface area (Å²) in [6, 6.07) is 3.84. The van der Waals surface area contributed by atoms with Crippen LogP contribution >= 0.6 is 0 Å². The third-order valence-corrected chi connectivity index (χ3v) is 6.96. The standard InChI is InChI=1S/C25H37N3O4/c1-18(2)31-14-9-13-28-23(29)21-16-22-20(12-15-32-22)27(21)17-25(28,3)24(30)26-19-10-7-5-4-6-8-11-19/h12,15-16,18-19H,4-11,13-14,17H2,1-3H3,(H,26,30). The summed E-state index contributed by atoms with van der Waals surface area (Å²) >= 11 is 0. The van der Waals surface area contributed by atoms with Gasteiger partial charge in [0, 0.05) is 31.3 Å². The Morgan fingerprint density at radius 3 is 2.69 bits per heavy atom. The first kappa shape index (κ1) is 22.9. The molecule has 1 N–H and O–H groups in total. The van der Waals surface area contributed by atoms with Gasteiger partial charge >= 0.3 is 0 Å². The second-order valence-corrected chi connectivity index (χ2v) is 9.81. The molecular formula is C25H37N3O4. The lowest BCUT2D eigenvalue weighted by atomic mass is 9.92. The Morgan fingerprint density at radius 1 is 1.25 bits per heavy atom. The van der Waals surface area contributed by atoms with Crippen molar-refractivity contribution in [1.82, 2.24) is 14.8 Å². The Labute approximate surface area is 190 Å². The molecule has 0 aromatic carbocycles. The summed E-state index contributed by atoms with van der Waals surface area (Å²) in [6.07, 6.45) is 10.5. The van der Waals surface area contributed by atoms with E-state index < -0.39 is 5.54 Å². The molecule has 1 aliphatic heterocycles. The molecule has 4 rings (SSSR count). The van der Waals surface area contributed by atoms with Crippen LogP contribution < -0.4 is 5.32 Å². The zero-order valence-electron chi connectivity index (χ0n) is 19.7. The number of nitrogens with one attached hydrogen (secondary N) is 1. The fraction of sp³-hybridized carbons (Fsp3) is 0.680. The van der Waals surface area contributed by atoms with Crippen LogP contribution in [0.15, 0.2) is 22.8 Å². The Hall–Kier alpha value is -2.28. The largest absolute Gasteiger partial charge is 0.463 e. The van der Waals surface area contributed by atoms with Gasteiger partial charge in [0.05, 0.1) is 24.4 Å². The van der Waals surface area contributed by atoms with Crippen LogP contribution in [-0.4, -0.2) is 52.1 Å². The average molecular weight is 444 g/mol. The van der Waals surface area contributed by atoms with E-state index in [9.17, 15) is 9.59 Å². The average Bonchev–Trinajstić information content (AvgIpc) is 3.31. The molecule has 1 aliphatic carbocycles. The summed E-state index contributed by atoms with van der Waals surface area (Å²) in [6.45, 7) is 7.36. The molecule has 2 amide bonds. The van der Waals surface area contributed by atoms with Gasteiger partial charge in [-0.3, -0.25) is 9.59 Å². The van der Waals surface area contributed by atoms with E-state index in [2.05, 4.69) is 5.32 Å². The first-order chi connectivity index (χ1) is 15.4. The first-order valence-electron chi connectivity index (χ1n) is 12.2. The molecule has 7 nitrogen and oxygen atoms in total. The molecule has 0 bridgehead atoms. The molecule has 2 aromatic heterocycles. The van der Waals surface area contributed by atoms with Crippen LogP contribution in [0.3, 0.4) is 0 Å². The maximum Gasteiger partial charge on any atom is 0.271 e. The van der Waals surface area contributed by atoms with Crippen molar-refractivity contribution in [3.05, 3.63) is 24.1 Å². The zero-order chi connectivity index (χ0) is 22.7. The van der Waals surface area contributed by atoms with E-state index in [-0.39, 0.29) is 24.0 Å². The van der Waals surface area contributed by atoms with E-state index in [1.54, 1.807) is 17.2 Å². The third-order valence-electron chi connectivity index (χ3n) is 6.96. The normalized spacial score (nSPS) is 22.8. The van der Waals surface area contributed by atoms with E-state index in [1.165, 1.54) is 19.3 Å². The van der Waals surface area contributed by atoms with Crippen LogP contribution in [0, 0.1) is 0 Å². The lowest BCUT2D eigenvalue weighted by Gasteiger charge is -2.44. The van der Waals surface area contributed by atoms with Crippen molar-refractivity contribution in [1.29, 1.82) is 0 Å². The Balaban J connectivity index is 1.58. The van der Waals surface area contributed by atoms with Gasteiger partial charge in [-0.15, -0.1) is 0 Å². The molecule has 2 aromatic rings. The van der Waals surface area contributed by atoms with Gasteiger partial charge < -0.3 is 23.9 Å². The lowest BCUT2D eigenvalue weighted by Crippen LogP contribution is -2.65. The molecule has 0 spiro atoms. The number of furan rings is 1. The van der Waals surface area contributed by atoms with Crippen LogP contribution in [0.1, 0.15) is 82.6 Å². The number of amides is 2. The van der Waals surface area contributed by atoms with Crippen molar-refractivity contribution in [2.75, 3.05) is 13.2 Å². The number of ether oxygens (including phenoxy) is 1. The highest BCUT2D eigenvalue weighted by Crippen LogP contribution is 2.33. The summed E-state index contributed by atoms with van der Waals surface area (Å²) in [5.74, 6) is -0.181. The van der Waals surface area contributed by atoms with Crippen LogP contribution in [0.25, 0.3) is 11.1 Å². The lowest BCUT2D eigenvalue weighted by molar-refractivity contribution is -0.133. The van der Waals surface area contributed by atoms with E-state index >= 15 is 0 Å². The minimum Gasteiger partial charge on any atom is -0.463 e. The summed E-state index contributed by atoms with van der Waals surface area (Å²) in [5.41, 5.74) is 1.16. The maximum absolute atomic E-state index is 13.7. The van der Waals surface area contributed by atoms with Gasteiger partial charge in [-0.25, -0.2) is 0 Å². The highest BCUT2D eigenvalue weighted by Gasteiger charge is 2.48. The summed E-state index contributed by atoms with van der Waals surface area (Å²) < 4.78 is 13.2. The molecule has 176 valence electrons. The monoisotopic (exact) mass is 443 g/mol. The van der Waals surface area contributed by atoms with Crippen LogP contribution in [0.4, 0.5) is 0 Å². The summed E-state index contributed by atoms with van der Waals surface area (Å²) in [7, 11) is 0. The zero-order valence-corrected chi connectivity index (χ0v) is 19.7. The second kappa shape index (κ2) is 9.69. The summed E-state index contributed by atoms with van der Waals surface area (Å²) in [5, 5.41) is 3.32. The first-order valence-corrected chi connectivity index (χ1v) is 12.2. The molecule has 32 heavy (non-hydrogen) atoms. The Kier molecular flexibility index (Phi) is 6.93.